The zero-order valence-corrected chi connectivity index (χ0v) is 13.9. The molecule has 0 aliphatic heterocycles. The Labute approximate surface area is 144 Å². The molecule has 0 radical (unpaired) electrons. The minimum atomic E-state index is -0.420. The number of furan rings is 1. The number of benzene rings is 1. The number of aromatic nitrogens is 1. The minimum Gasteiger partial charge on any atom is -0.494 e. The van der Waals surface area contributed by atoms with Gasteiger partial charge in [-0.3, -0.25) is 4.79 Å². The third-order valence-electron chi connectivity index (χ3n) is 3.32. The van der Waals surface area contributed by atoms with E-state index in [4.69, 9.17) is 18.4 Å². The van der Waals surface area contributed by atoms with E-state index in [0.717, 1.165) is 0 Å². The SMILES string of the molecule is CCOc1ccc(OCC)c(NC(=O)c2cc(-c3ccco3)on2)c1. The van der Waals surface area contributed by atoms with Crippen LogP contribution in [0.3, 0.4) is 0 Å². The Morgan fingerprint density at radius 2 is 1.96 bits per heavy atom. The van der Waals surface area contributed by atoms with Gasteiger partial charge in [0, 0.05) is 12.1 Å². The van der Waals surface area contributed by atoms with Crippen molar-refractivity contribution < 1.29 is 23.2 Å². The molecule has 0 bridgehead atoms. The quantitative estimate of drug-likeness (QED) is 0.699. The lowest BCUT2D eigenvalue weighted by Gasteiger charge is -2.12. The second-order valence-corrected chi connectivity index (χ2v) is 5.03. The molecule has 2 heterocycles. The number of nitrogens with one attached hydrogen (secondary N) is 1. The van der Waals surface area contributed by atoms with Gasteiger partial charge in [0.25, 0.3) is 5.91 Å². The lowest BCUT2D eigenvalue weighted by Crippen LogP contribution is -2.13. The third-order valence-corrected chi connectivity index (χ3v) is 3.32. The summed E-state index contributed by atoms with van der Waals surface area (Å²) in [7, 11) is 0. The van der Waals surface area contributed by atoms with Crippen LogP contribution in [-0.2, 0) is 0 Å². The molecule has 1 amide bonds. The maximum Gasteiger partial charge on any atom is 0.277 e. The fourth-order valence-corrected chi connectivity index (χ4v) is 2.25. The zero-order valence-electron chi connectivity index (χ0n) is 13.9. The van der Waals surface area contributed by atoms with Crippen LogP contribution < -0.4 is 14.8 Å². The molecule has 2 aromatic heterocycles. The predicted molar refractivity (Wildman–Crippen MR) is 90.9 cm³/mol. The summed E-state index contributed by atoms with van der Waals surface area (Å²) in [5, 5.41) is 6.56. The van der Waals surface area contributed by atoms with Gasteiger partial charge in [-0.15, -0.1) is 0 Å². The van der Waals surface area contributed by atoms with Gasteiger partial charge in [-0.25, -0.2) is 0 Å². The first kappa shape index (κ1) is 16.6. The standard InChI is InChI=1S/C18H18N2O5/c1-3-22-12-7-8-15(23-4-2)13(10-12)19-18(21)14-11-17(25-20-14)16-6-5-9-24-16/h5-11H,3-4H2,1-2H3,(H,19,21). The summed E-state index contributed by atoms with van der Waals surface area (Å²) in [6, 6.07) is 10.2. The molecule has 3 rings (SSSR count). The van der Waals surface area contributed by atoms with E-state index in [-0.39, 0.29) is 5.69 Å². The summed E-state index contributed by atoms with van der Waals surface area (Å²) in [6.07, 6.45) is 1.52. The number of amides is 1. The van der Waals surface area contributed by atoms with Crippen LogP contribution in [0.2, 0.25) is 0 Å². The lowest BCUT2D eigenvalue weighted by molar-refractivity contribution is 0.101. The highest BCUT2D eigenvalue weighted by atomic mass is 16.5. The molecule has 0 atom stereocenters. The summed E-state index contributed by atoms with van der Waals surface area (Å²) in [4.78, 5) is 12.5. The monoisotopic (exact) mass is 342 g/mol. The number of anilines is 1. The van der Waals surface area contributed by atoms with Crippen LogP contribution >= 0.6 is 0 Å². The van der Waals surface area contributed by atoms with E-state index < -0.39 is 5.91 Å². The maximum atomic E-state index is 12.5. The van der Waals surface area contributed by atoms with Crippen LogP contribution in [-0.4, -0.2) is 24.3 Å². The first-order chi connectivity index (χ1) is 12.2. The molecule has 0 aliphatic rings. The number of carbonyl (C=O) groups excluding carboxylic acids is 1. The Hall–Kier alpha value is -3.22. The van der Waals surface area contributed by atoms with Crippen molar-refractivity contribution in [3.63, 3.8) is 0 Å². The fraction of sp³-hybridized carbons (Fsp3) is 0.222. The average Bonchev–Trinajstić information content (AvgIpc) is 3.28. The molecule has 0 saturated carbocycles. The van der Waals surface area contributed by atoms with Gasteiger partial charge in [-0.2, -0.15) is 0 Å². The van der Waals surface area contributed by atoms with Crippen molar-refractivity contribution in [1.29, 1.82) is 0 Å². The van der Waals surface area contributed by atoms with Crippen molar-refractivity contribution in [2.24, 2.45) is 0 Å². The molecule has 1 aromatic carbocycles. The highest BCUT2D eigenvalue weighted by Gasteiger charge is 2.17. The van der Waals surface area contributed by atoms with Crippen LogP contribution in [0.4, 0.5) is 5.69 Å². The summed E-state index contributed by atoms with van der Waals surface area (Å²) >= 11 is 0. The molecule has 130 valence electrons. The number of rotatable bonds is 7. The zero-order chi connectivity index (χ0) is 17.6. The number of nitrogens with zero attached hydrogens (tertiary/aromatic N) is 1. The van der Waals surface area contributed by atoms with Crippen molar-refractivity contribution in [3.8, 4) is 23.0 Å². The van der Waals surface area contributed by atoms with E-state index in [1.165, 1.54) is 12.3 Å². The van der Waals surface area contributed by atoms with E-state index in [1.807, 2.05) is 13.8 Å². The lowest BCUT2D eigenvalue weighted by atomic mass is 10.2. The normalized spacial score (nSPS) is 10.5. The van der Waals surface area contributed by atoms with E-state index in [1.54, 1.807) is 30.3 Å². The van der Waals surface area contributed by atoms with Crippen molar-refractivity contribution in [1.82, 2.24) is 5.16 Å². The maximum absolute atomic E-state index is 12.5. The Balaban J connectivity index is 1.81. The van der Waals surface area contributed by atoms with Crippen LogP contribution in [0.25, 0.3) is 11.5 Å². The van der Waals surface area contributed by atoms with Crippen molar-refractivity contribution in [2.45, 2.75) is 13.8 Å². The predicted octanol–water partition coefficient (Wildman–Crippen LogP) is 3.98. The molecule has 0 unspecified atom stereocenters. The van der Waals surface area contributed by atoms with E-state index >= 15 is 0 Å². The molecular formula is C18H18N2O5. The molecule has 0 fully saturated rings. The number of hydrogen-bond donors (Lipinski definition) is 1. The van der Waals surface area contributed by atoms with Gasteiger partial charge in [-0.1, -0.05) is 5.16 Å². The molecule has 25 heavy (non-hydrogen) atoms. The van der Waals surface area contributed by atoms with Crippen LogP contribution in [0.1, 0.15) is 24.3 Å². The van der Waals surface area contributed by atoms with E-state index in [0.29, 0.717) is 41.9 Å². The third kappa shape index (κ3) is 3.82. The first-order valence-electron chi connectivity index (χ1n) is 7.92. The van der Waals surface area contributed by atoms with Gasteiger partial charge in [0.05, 0.1) is 25.2 Å². The van der Waals surface area contributed by atoms with E-state index in [9.17, 15) is 4.79 Å². The average molecular weight is 342 g/mol. The smallest absolute Gasteiger partial charge is 0.277 e. The van der Waals surface area contributed by atoms with Gasteiger partial charge < -0.3 is 23.7 Å². The Morgan fingerprint density at radius 3 is 2.68 bits per heavy atom. The van der Waals surface area contributed by atoms with Crippen molar-refractivity contribution in [3.05, 3.63) is 48.4 Å². The Kier molecular flexibility index (Phi) is 5.03. The highest BCUT2D eigenvalue weighted by molar-refractivity contribution is 6.04. The van der Waals surface area contributed by atoms with Gasteiger partial charge >= 0.3 is 0 Å². The fourth-order valence-electron chi connectivity index (χ4n) is 2.25. The topological polar surface area (TPSA) is 86.7 Å². The molecular weight excluding hydrogens is 324 g/mol. The van der Waals surface area contributed by atoms with Crippen molar-refractivity contribution in [2.75, 3.05) is 18.5 Å². The minimum absolute atomic E-state index is 0.135. The molecule has 7 nitrogen and oxygen atoms in total. The second kappa shape index (κ2) is 7.57. The van der Waals surface area contributed by atoms with Gasteiger partial charge in [0.15, 0.2) is 11.5 Å². The summed E-state index contributed by atoms with van der Waals surface area (Å²) in [5.74, 6) is 1.64. The molecule has 0 saturated heterocycles. The van der Waals surface area contributed by atoms with Crippen molar-refractivity contribution >= 4 is 11.6 Å². The molecule has 0 aliphatic carbocycles. The van der Waals surface area contributed by atoms with Gasteiger partial charge in [-0.05, 0) is 38.1 Å². The molecule has 1 N–H and O–H groups in total. The van der Waals surface area contributed by atoms with E-state index in [2.05, 4.69) is 10.5 Å². The Morgan fingerprint density at radius 1 is 1.12 bits per heavy atom. The van der Waals surface area contributed by atoms with Gasteiger partial charge in [0.1, 0.15) is 11.5 Å². The number of hydrogen-bond acceptors (Lipinski definition) is 6. The summed E-state index contributed by atoms with van der Waals surface area (Å²) < 4.78 is 21.4. The summed E-state index contributed by atoms with van der Waals surface area (Å²) in [5.41, 5.74) is 0.635. The largest absolute Gasteiger partial charge is 0.494 e. The summed E-state index contributed by atoms with van der Waals surface area (Å²) in [6.45, 7) is 4.76. The molecule has 3 aromatic rings. The molecule has 0 spiro atoms. The number of ether oxygens (including phenoxy) is 2. The highest BCUT2D eigenvalue weighted by Crippen LogP contribution is 2.30. The van der Waals surface area contributed by atoms with Crippen LogP contribution in [0.15, 0.2) is 51.6 Å². The first-order valence-corrected chi connectivity index (χ1v) is 7.92. The Bertz CT molecular complexity index is 839. The van der Waals surface area contributed by atoms with Gasteiger partial charge in [0.2, 0.25) is 5.76 Å². The molecule has 7 heteroatoms. The second-order valence-electron chi connectivity index (χ2n) is 5.03. The number of carbonyl (C=O) groups is 1. The van der Waals surface area contributed by atoms with Crippen LogP contribution in [0, 0.1) is 0 Å². The van der Waals surface area contributed by atoms with Crippen LogP contribution in [0.5, 0.6) is 11.5 Å².